The minimum Gasteiger partial charge on any atom is -0.459 e. The van der Waals surface area contributed by atoms with Gasteiger partial charge in [-0.05, 0) is 66.9 Å². The first-order valence-electron chi connectivity index (χ1n) is 11.2. The highest BCUT2D eigenvalue weighted by Crippen LogP contribution is 2.32. The fourth-order valence-electron chi connectivity index (χ4n) is 4.20. The predicted molar refractivity (Wildman–Crippen MR) is 134 cm³/mol. The van der Waals surface area contributed by atoms with Crippen molar-refractivity contribution in [2.75, 3.05) is 23.3 Å². The van der Waals surface area contributed by atoms with E-state index in [-0.39, 0.29) is 23.4 Å². The SMILES string of the molecule is C[C@@H]1C[C@@H](C)CN(c2cc(C(F)(F)F)nc(NC(=S)NCc3ccc(-c4ccc(Cl)cc4)o3)n2)C1. The van der Waals surface area contributed by atoms with Gasteiger partial charge in [-0.1, -0.05) is 25.4 Å². The molecule has 1 aliphatic rings. The zero-order valence-electron chi connectivity index (χ0n) is 19.2. The van der Waals surface area contributed by atoms with Gasteiger partial charge in [0.05, 0.1) is 6.54 Å². The Morgan fingerprint density at radius 1 is 1.11 bits per heavy atom. The van der Waals surface area contributed by atoms with Crippen molar-refractivity contribution in [3.05, 3.63) is 58.9 Å². The van der Waals surface area contributed by atoms with Crippen LogP contribution in [0.4, 0.5) is 24.9 Å². The van der Waals surface area contributed by atoms with Crippen LogP contribution in [-0.2, 0) is 12.7 Å². The summed E-state index contributed by atoms with van der Waals surface area (Å²) in [6, 6.07) is 11.8. The molecule has 2 atom stereocenters. The number of nitrogens with zero attached hydrogens (tertiary/aromatic N) is 3. The zero-order valence-corrected chi connectivity index (χ0v) is 20.8. The van der Waals surface area contributed by atoms with E-state index in [1.165, 1.54) is 0 Å². The molecule has 1 saturated heterocycles. The Balaban J connectivity index is 1.44. The van der Waals surface area contributed by atoms with E-state index in [1.54, 1.807) is 18.2 Å². The average molecular weight is 524 g/mol. The number of benzene rings is 1. The number of hydrogen-bond donors (Lipinski definition) is 2. The van der Waals surface area contributed by atoms with E-state index in [0.717, 1.165) is 18.1 Å². The largest absolute Gasteiger partial charge is 0.459 e. The van der Waals surface area contributed by atoms with E-state index >= 15 is 0 Å². The smallest absolute Gasteiger partial charge is 0.433 e. The molecule has 0 spiro atoms. The van der Waals surface area contributed by atoms with Gasteiger partial charge in [-0.2, -0.15) is 18.2 Å². The second-order valence-electron chi connectivity index (χ2n) is 8.86. The molecule has 3 heterocycles. The van der Waals surface area contributed by atoms with Crippen LogP contribution in [0.15, 0.2) is 46.9 Å². The third kappa shape index (κ3) is 6.64. The number of thiocarbonyl (C=S) groups is 1. The number of halogens is 4. The fourth-order valence-corrected chi connectivity index (χ4v) is 4.49. The van der Waals surface area contributed by atoms with Gasteiger partial charge in [0.25, 0.3) is 0 Å². The van der Waals surface area contributed by atoms with Crippen LogP contribution in [0.2, 0.25) is 5.02 Å². The number of piperidine rings is 1. The quantitative estimate of drug-likeness (QED) is 0.376. The van der Waals surface area contributed by atoms with E-state index in [4.69, 9.17) is 28.2 Å². The summed E-state index contributed by atoms with van der Waals surface area (Å²) in [6.07, 6.45) is -3.58. The molecule has 1 fully saturated rings. The second-order valence-corrected chi connectivity index (χ2v) is 9.71. The van der Waals surface area contributed by atoms with Gasteiger partial charge in [0.15, 0.2) is 10.8 Å². The minimum absolute atomic E-state index is 0.0834. The van der Waals surface area contributed by atoms with Gasteiger partial charge in [-0.3, -0.25) is 0 Å². The Labute approximate surface area is 211 Å². The Hall–Kier alpha value is -2.85. The molecule has 0 unspecified atom stereocenters. The normalized spacial score (nSPS) is 18.4. The molecule has 4 rings (SSSR count). The molecule has 186 valence electrons. The second kappa shape index (κ2) is 10.4. The summed E-state index contributed by atoms with van der Waals surface area (Å²) in [7, 11) is 0. The maximum absolute atomic E-state index is 13.5. The third-order valence-corrected chi connectivity index (χ3v) is 6.13. The molecule has 6 nitrogen and oxygen atoms in total. The van der Waals surface area contributed by atoms with E-state index in [1.807, 2.05) is 23.1 Å². The van der Waals surface area contributed by atoms with Crippen LogP contribution < -0.4 is 15.5 Å². The number of rotatable bonds is 5. The highest BCUT2D eigenvalue weighted by Gasteiger charge is 2.35. The molecule has 1 aromatic carbocycles. The van der Waals surface area contributed by atoms with E-state index in [9.17, 15) is 13.2 Å². The lowest BCUT2D eigenvalue weighted by Gasteiger charge is -2.36. The number of aromatic nitrogens is 2. The number of hydrogen-bond acceptors (Lipinski definition) is 5. The van der Waals surface area contributed by atoms with Crippen LogP contribution in [0.1, 0.15) is 31.7 Å². The highest BCUT2D eigenvalue weighted by atomic mass is 35.5. The van der Waals surface area contributed by atoms with Gasteiger partial charge in [-0.15, -0.1) is 0 Å². The van der Waals surface area contributed by atoms with Crippen molar-refractivity contribution < 1.29 is 17.6 Å². The maximum Gasteiger partial charge on any atom is 0.433 e. The van der Waals surface area contributed by atoms with Gasteiger partial charge in [0, 0.05) is 29.7 Å². The predicted octanol–water partition coefficient (Wildman–Crippen LogP) is 6.38. The lowest BCUT2D eigenvalue weighted by molar-refractivity contribution is -0.141. The van der Waals surface area contributed by atoms with Gasteiger partial charge in [-0.25, -0.2) is 4.98 Å². The summed E-state index contributed by atoms with van der Waals surface area (Å²) < 4.78 is 46.4. The van der Waals surface area contributed by atoms with Crippen molar-refractivity contribution >= 4 is 40.7 Å². The van der Waals surface area contributed by atoms with Gasteiger partial charge in [0.1, 0.15) is 17.3 Å². The van der Waals surface area contributed by atoms with Crippen LogP contribution in [0.5, 0.6) is 0 Å². The lowest BCUT2D eigenvalue weighted by atomic mass is 9.92. The molecular formula is C24H25ClF3N5OS. The molecule has 35 heavy (non-hydrogen) atoms. The molecule has 11 heteroatoms. The van der Waals surface area contributed by atoms with Crippen molar-refractivity contribution in [3.8, 4) is 11.3 Å². The van der Waals surface area contributed by atoms with Gasteiger partial charge >= 0.3 is 6.18 Å². The molecule has 2 N–H and O–H groups in total. The van der Waals surface area contributed by atoms with Crippen molar-refractivity contribution in [2.45, 2.75) is 33.0 Å². The minimum atomic E-state index is -4.61. The Morgan fingerprint density at radius 2 is 1.80 bits per heavy atom. The summed E-state index contributed by atoms with van der Waals surface area (Å²) in [4.78, 5) is 9.85. The van der Waals surface area contributed by atoms with Gasteiger partial charge < -0.3 is 20.0 Å². The monoisotopic (exact) mass is 523 g/mol. The van der Waals surface area contributed by atoms with Crippen LogP contribution >= 0.6 is 23.8 Å². The molecule has 0 saturated carbocycles. The average Bonchev–Trinajstić information content (AvgIpc) is 3.26. The number of furan rings is 1. The number of alkyl halides is 3. The summed E-state index contributed by atoms with van der Waals surface area (Å²) >= 11 is 11.2. The van der Waals surface area contributed by atoms with Crippen molar-refractivity contribution in [2.24, 2.45) is 11.8 Å². The van der Waals surface area contributed by atoms with Crippen molar-refractivity contribution in [3.63, 3.8) is 0 Å². The summed E-state index contributed by atoms with van der Waals surface area (Å²) in [5, 5.41) is 6.32. The molecule has 1 aliphatic heterocycles. The van der Waals surface area contributed by atoms with Crippen molar-refractivity contribution in [1.29, 1.82) is 0 Å². The standard InChI is InChI=1S/C24H25ClF3N5OS/c1-14-9-15(2)13-33(12-14)21-10-20(24(26,27)28)30-22(31-21)32-23(35)29-11-18-7-8-19(34-18)16-3-5-17(25)6-4-16/h3-8,10,14-15H,9,11-13H2,1-2H3,(H2,29,30,31,32,35)/t14-,15-/m1/s1. The summed E-state index contributed by atoms with van der Waals surface area (Å²) in [5.41, 5.74) is -0.148. The molecular weight excluding hydrogens is 499 g/mol. The lowest BCUT2D eigenvalue weighted by Crippen LogP contribution is -2.39. The topological polar surface area (TPSA) is 66.2 Å². The van der Waals surface area contributed by atoms with Crippen LogP contribution in [0, 0.1) is 11.8 Å². The maximum atomic E-state index is 13.5. The van der Waals surface area contributed by atoms with E-state index in [0.29, 0.717) is 41.5 Å². The zero-order chi connectivity index (χ0) is 25.2. The van der Waals surface area contributed by atoms with Crippen LogP contribution in [0.3, 0.4) is 0 Å². The van der Waals surface area contributed by atoms with E-state index < -0.39 is 11.9 Å². The fraction of sp³-hybridized carbons (Fsp3) is 0.375. The highest BCUT2D eigenvalue weighted by molar-refractivity contribution is 7.80. The Kier molecular flexibility index (Phi) is 7.51. The van der Waals surface area contributed by atoms with Crippen molar-refractivity contribution in [1.82, 2.24) is 15.3 Å². The molecule has 0 amide bonds. The van der Waals surface area contributed by atoms with Gasteiger partial charge in [0.2, 0.25) is 5.95 Å². The molecule has 0 radical (unpaired) electrons. The first kappa shape index (κ1) is 25.2. The Morgan fingerprint density at radius 3 is 2.46 bits per heavy atom. The summed E-state index contributed by atoms with van der Waals surface area (Å²) in [6.45, 7) is 5.66. The first-order valence-corrected chi connectivity index (χ1v) is 12.0. The molecule has 3 aromatic rings. The summed E-state index contributed by atoms with van der Waals surface area (Å²) in [5.74, 6) is 1.99. The Bertz CT molecular complexity index is 1170. The molecule has 0 aliphatic carbocycles. The number of nitrogens with one attached hydrogen (secondary N) is 2. The molecule has 0 bridgehead atoms. The van der Waals surface area contributed by atoms with E-state index in [2.05, 4.69) is 34.4 Å². The van der Waals surface area contributed by atoms with Crippen LogP contribution in [0.25, 0.3) is 11.3 Å². The van der Waals surface area contributed by atoms with Crippen LogP contribution in [-0.4, -0.2) is 28.2 Å². The third-order valence-electron chi connectivity index (χ3n) is 5.63. The molecule has 2 aromatic heterocycles. The first-order chi connectivity index (χ1) is 16.6. The number of anilines is 2.